The molecule has 0 fully saturated rings. The van der Waals surface area contributed by atoms with E-state index >= 15 is 0 Å². The van der Waals surface area contributed by atoms with Crippen LogP contribution in [0, 0.1) is 12.7 Å². The first-order valence-corrected chi connectivity index (χ1v) is 11.5. The Kier molecular flexibility index (Phi) is 7.41. The van der Waals surface area contributed by atoms with E-state index in [2.05, 4.69) is 20.6 Å². The van der Waals surface area contributed by atoms with E-state index in [1.54, 1.807) is 6.26 Å². The first-order chi connectivity index (χ1) is 14.9. The molecule has 0 atom stereocenters. The molecular weight excluding hydrogens is 419 g/mol. The molecule has 2 aromatic carbocycles. The minimum absolute atomic E-state index is 0.0793. The SMILES string of the molecule is CCNC(=NCc1coc(-c2ccc(C)cc2)n1)NCCS(=O)(=O)c1ccccc1F. The van der Waals surface area contributed by atoms with Gasteiger partial charge in [-0.05, 0) is 38.1 Å². The van der Waals surface area contributed by atoms with Crippen molar-refractivity contribution in [3.05, 3.63) is 71.9 Å². The predicted molar refractivity (Wildman–Crippen MR) is 118 cm³/mol. The summed E-state index contributed by atoms with van der Waals surface area (Å²) < 4.78 is 44.1. The van der Waals surface area contributed by atoms with E-state index in [1.165, 1.54) is 18.2 Å². The molecule has 0 aliphatic rings. The summed E-state index contributed by atoms with van der Waals surface area (Å²) in [4.78, 5) is 8.56. The number of hydrogen-bond donors (Lipinski definition) is 2. The van der Waals surface area contributed by atoms with Crippen LogP contribution in [0.2, 0.25) is 0 Å². The third-order valence-corrected chi connectivity index (χ3v) is 6.17. The van der Waals surface area contributed by atoms with Gasteiger partial charge in [-0.15, -0.1) is 0 Å². The summed E-state index contributed by atoms with van der Waals surface area (Å²) in [5.74, 6) is -0.0661. The zero-order chi connectivity index (χ0) is 22.3. The highest BCUT2D eigenvalue weighted by Crippen LogP contribution is 2.19. The van der Waals surface area contributed by atoms with Gasteiger partial charge in [0.1, 0.15) is 22.7 Å². The van der Waals surface area contributed by atoms with Crippen molar-refractivity contribution in [3.63, 3.8) is 0 Å². The number of rotatable bonds is 8. The van der Waals surface area contributed by atoms with E-state index in [-0.39, 0.29) is 23.7 Å². The van der Waals surface area contributed by atoms with Crippen molar-refractivity contribution >= 4 is 15.8 Å². The maximum Gasteiger partial charge on any atom is 0.226 e. The number of oxazole rings is 1. The fraction of sp³-hybridized carbons (Fsp3) is 0.273. The Balaban J connectivity index is 1.60. The summed E-state index contributed by atoms with van der Waals surface area (Å²) in [6.07, 6.45) is 1.55. The lowest BCUT2D eigenvalue weighted by atomic mass is 10.1. The molecule has 164 valence electrons. The Hall–Kier alpha value is -3.20. The molecule has 0 unspecified atom stereocenters. The van der Waals surface area contributed by atoms with E-state index in [0.29, 0.717) is 24.1 Å². The van der Waals surface area contributed by atoms with E-state index < -0.39 is 15.7 Å². The highest BCUT2D eigenvalue weighted by atomic mass is 32.2. The van der Waals surface area contributed by atoms with Crippen molar-refractivity contribution in [2.24, 2.45) is 4.99 Å². The lowest BCUT2D eigenvalue weighted by Crippen LogP contribution is -2.39. The molecule has 0 amide bonds. The van der Waals surface area contributed by atoms with E-state index in [4.69, 9.17) is 4.42 Å². The average molecular weight is 445 g/mol. The quantitative estimate of drug-likeness (QED) is 0.409. The van der Waals surface area contributed by atoms with Gasteiger partial charge >= 0.3 is 0 Å². The number of nitrogens with one attached hydrogen (secondary N) is 2. The first-order valence-electron chi connectivity index (χ1n) is 9.90. The van der Waals surface area contributed by atoms with Crippen LogP contribution in [0.25, 0.3) is 11.5 Å². The molecule has 0 bridgehead atoms. The van der Waals surface area contributed by atoms with Gasteiger partial charge in [0.25, 0.3) is 0 Å². The molecule has 3 aromatic rings. The zero-order valence-electron chi connectivity index (χ0n) is 17.4. The van der Waals surface area contributed by atoms with Crippen LogP contribution in [-0.4, -0.2) is 38.2 Å². The number of aryl methyl sites for hydroxylation is 1. The lowest BCUT2D eigenvalue weighted by Gasteiger charge is -2.11. The van der Waals surface area contributed by atoms with Gasteiger partial charge in [0, 0.05) is 18.7 Å². The second-order valence-electron chi connectivity index (χ2n) is 6.88. The van der Waals surface area contributed by atoms with Crippen molar-refractivity contribution in [2.45, 2.75) is 25.3 Å². The Morgan fingerprint density at radius 3 is 2.58 bits per heavy atom. The molecule has 0 spiro atoms. The van der Waals surface area contributed by atoms with Gasteiger partial charge in [0.05, 0.1) is 12.3 Å². The molecule has 0 aliphatic heterocycles. The lowest BCUT2D eigenvalue weighted by molar-refractivity contribution is 0.566. The molecule has 31 heavy (non-hydrogen) atoms. The third-order valence-electron chi connectivity index (χ3n) is 4.43. The maximum atomic E-state index is 13.8. The van der Waals surface area contributed by atoms with Gasteiger partial charge in [0.2, 0.25) is 5.89 Å². The Bertz CT molecular complexity index is 1140. The summed E-state index contributed by atoms with van der Waals surface area (Å²) in [6, 6.07) is 13.2. The van der Waals surface area contributed by atoms with Gasteiger partial charge < -0.3 is 15.1 Å². The van der Waals surface area contributed by atoms with Crippen LogP contribution in [0.5, 0.6) is 0 Å². The molecule has 0 saturated carbocycles. The van der Waals surface area contributed by atoms with E-state index in [9.17, 15) is 12.8 Å². The van der Waals surface area contributed by atoms with Crippen LogP contribution in [0.15, 0.2) is 69.1 Å². The summed E-state index contributed by atoms with van der Waals surface area (Å²) in [6.45, 7) is 4.84. The normalized spacial score (nSPS) is 12.0. The average Bonchev–Trinajstić information content (AvgIpc) is 3.21. The Labute approximate surface area is 181 Å². The second kappa shape index (κ2) is 10.2. The van der Waals surface area contributed by atoms with Gasteiger partial charge in [0.15, 0.2) is 15.8 Å². The molecule has 0 aliphatic carbocycles. The number of benzene rings is 2. The molecule has 1 aromatic heterocycles. The smallest absolute Gasteiger partial charge is 0.226 e. The highest BCUT2D eigenvalue weighted by molar-refractivity contribution is 7.91. The van der Waals surface area contributed by atoms with E-state index in [0.717, 1.165) is 17.2 Å². The van der Waals surface area contributed by atoms with Crippen molar-refractivity contribution in [1.29, 1.82) is 0 Å². The van der Waals surface area contributed by atoms with Crippen LogP contribution in [0.3, 0.4) is 0 Å². The number of nitrogens with zero attached hydrogens (tertiary/aromatic N) is 2. The highest BCUT2D eigenvalue weighted by Gasteiger charge is 2.18. The van der Waals surface area contributed by atoms with Gasteiger partial charge in [-0.3, -0.25) is 0 Å². The first kappa shape index (κ1) is 22.5. The second-order valence-corrected chi connectivity index (χ2v) is 8.96. The third kappa shape index (κ3) is 6.14. The van der Waals surface area contributed by atoms with Crippen LogP contribution in [0.4, 0.5) is 4.39 Å². The number of aliphatic imine (C=N–C) groups is 1. The molecule has 0 saturated heterocycles. The van der Waals surface area contributed by atoms with Crippen LogP contribution in [-0.2, 0) is 16.4 Å². The van der Waals surface area contributed by atoms with Crippen molar-refractivity contribution in [2.75, 3.05) is 18.8 Å². The fourth-order valence-corrected chi connectivity index (χ4v) is 4.06. The van der Waals surface area contributed by atoms with Crippen LogP contribution < -0.4 is 10.6 Å². The number of hydrogen-bond acceptors (Lipinski definition) is 5. The fourth-order valence-electron chi connectivity index (χ4n) is 2.82. The molecular formula is C22H25FN4O3S. The number of halogens is 1. The predicted octanol–water partition coefficient (Wildman–Crippen LogP) is 3.32. The Morgan fingerprint density at radius 1 is 1.13 bits per heavy atom. The van der Waals surface area contributed by atoms with Gasteiger partial charge in [-0.1, -0.05) is 29.8 Å². The minimum Gasteiger partial charge on any atom is -0.444 e. The molecule has 2 N–H and O–H groups in total. The van der Waals surface area contributed by atoms with Crippen molar-refractivity contribution in [1.82, 2.24) is 15.6 Å². The Morgan fingerprint density at radius 2 is 1.87 bits per heavy atom. The van der Waals surface area contributed by atoms with Crippen LogP contribution in [0.1, 0.15) is 18.2 Å². The zero-order valence-corrected chi connectivity index (χ0v) is 18.2. The summed E-state index contributed by atoms with van der Waals surface area (Å²) in [5.41, 5.74) is 2.68. The molecule has 3 rings (SSSR count). The minimum atomic E-state index is -3.75. The van der Waals surface area contributed by atoms with Gasteiger partial charge in [-0.25, -0.2) is 22.8 Å². The van der Waals surface area contributed by atoms with Gasteiger partial charge in [-0.2, -0.15) is 0 Å². The maximum absolute atomic E-state index is 13.8. The molecule has 9 heteroatoms. The standard InChI is InChI=1S/C22H25FN4O3S/c1-3-24-22(25-12-13-31(28,29)20-7-5-4-6-19(20)23)26-14-18-15-30-21(27-18)17-10-8-16(2)9-11-17/h4-11,15H,3,12-14H2,1-2H3,(H2,24,25,26). The van der Waals surface area contributed by atoms with Crippen LogP contribution >= 0.6 is 0 Å². The number of guanidine groups is 1. The number of sulfone groups is 1. The monoisotopic (exact) mass is 444 g/mol. The van der Waals surface area contributed by atoms with Crippen molar-refractivity contribution in [3.8, 4) is 11.5 Å². The number of aromatic nitrogens is 1. The summed E-state index contributed by atoms with van der Waals surface area (Å²) >= 11 is 0. The summed E-state index contributed by atoms with van der Waals surface area (Å²) in [7, 11) is -3.75. The van der Waals surface area contributed by atoms with E-state index in [1.807, 2.05) is 38.1 Å². The molecule has 7 nitrogen and oxygen atoms in total. The topological polar surface area (TPSA) is 96.6 Å². The molecule has 0 radical (unpaired) electrons. The largest absolute Gasteiger partial charge is 0.444 e. The summed E-state index contributed by atoms with van der Waals surface area (Å²) in [5, 5.41) is 6.01. The van der Waals surface area contributed by atoms with Crippen molar-refractivity contribution < 1.29 is 17.2 Å². The molecule has 1 heterocycles.